The van der Waals surface area contributed by atoms with E-state index in [0.29, 0.717) is 37.5 Å². The van der Waals surface area contributed by atoms with Crippen molar-refractivity contribution in [3.63, 3.8) is 0 Å². The van der Waals surface area contributed by atoms with Crippen LogP contribution in [-0.2, 0) is 19.8 Å². The molecule has 0 radical (unpaired) electrons. The van der Waals surface area contributed by atoms with Gasteiger partial charge < -0.3 is 29.6 Å². The third-order valence-electron chi connectivity index (χ3n) is 13.7. The normalized spacial score (nSPS) is 19.3. The summed E-state index contributed by atoms with van der Waals surface area (Å²) in [5.41, 5.74) is 5.25. The third kappa shape index (κ3) is 11.7. The molecular weight excluding hydrogens is 954 g/mol. The summed E-state index contributed by atoms with van der Waals surface area (Å²) in [7, 11) is -6.86. The van der Waals surface area contributed by atoms with E-state index in [1.54, 1.807) is 36.9 Å². The number of amides is 1. The lowest BCUT2D eigenvalue weighted by molar-refractivity contribution is -0.384. The number of benzene rings is 3. The minimum absolute atomic E-state index is 0.00837. The van der Waals surface area contributed by atoms with Gasteiger partial charge in [-0.1, -0.05) is 43.2 Å². The molecule has 372 valence electrons. The molecule has 9 rings (SSSR count). The number of nitrogens with zero attached hydrogens (tertiary/aromatic N) is 6. The number of carbonyl (C=O) groups is 1. The summed E-state index contributed by atoms with van der Waals surface area (Å²) in [5, 5.41) is 17.2. The summed E-state index contributed by atoms with van der Waals surface area (Å²) in [5.74, 6) is -0.557. The largest absolute Gasteiger partial charge is 0.489 e. The highest BCUT2D eigenvalue weighted by atomic mass is 35.5. The zero-order valence-corrected chi connectivity index (χ0v) is 42.3. The number of allylic oxidation sites excluding steroid dienone is 1. The number of hydrogen-bond acceptors (Lipinski definition) is 14. The van der Waals surface area contributed by atoms with E-state index in [-0.39, 0.29) is 46.9 Å². The number of fused-ring (bicyclic) bond motifs is 2. The molecule has 4 aliphatic rings. The first kappa shape index (κ1) is 49.3. The topological polar surface area (TPSA) is 205 Å². The number of carbonyl (C=O) groups excluding carboxylic acids is 1. The van der Waals surface area contributed by atoms with Gasteiger partial charge in [0.2, 0.25) is 0 Å². The molecule has 3 aliphatic heterocycles. The molecule has 70 heavy (non-hydrogen) atoms. The van der Waals surface area contributed by atoms with Crippen LogP contribution >= 0.6 is 11.6 Å². The molecule has 2 aromatic heterocycles. The number of hydrogen-bond donors (Lipinski definition) is 3. The Morgan fingerprint density at radius 1 is 1.00 bits per heavy atom. The summed E-state index contributed by atoms with van der Waals surface area (Å²) in [6.45, 7) is 11.0. The molecule has 1 atom stereocenters. The molecule has 2 fully saturated rings. The number of piperidine rings is 1. The Balaban J connectivity index is 0.899. The lowest BCUT2D eigenvalue weighted by Gasteiger charge is -2.39. The highest BCUT2D eigenvalue weighted by molar-refractivity contribution is 7.92. The number of anilines is 2. The van der Waals surface area contributed by atoms with Gasteiger partial charge in [-0.3, -0.25) is 24.0 Å². The summed E-state index contributed by atoms with van der Waals surface area (Å²) in [6.07, 6.45) is 12.0. The first-order valence-electron chi connectivity index (χ1n) is 23.7. The molecule has 17 nitrogen and oxygen atoms in total. The van der Waals surface area contributed by atoms with Crippen LogP contribution in [0.4, 0.5) is 17.1 Å². The maximum Gasteiger partial charge on any atom is 0.297 e. The number of rotatable bonds is 14. The quantitative estimate of drug-likeness (QED) is 0.0705. The van der Waals surface area contributed by atoms with Crippen LogP contribution < -0.4 is 24.4 Å². The van der Waals surface area contributed by atoms with Crippen molar-refractivity contribution in [2.24, 2.45) is 9.78 Å². The molecule has 1 amide bonds. The summed E-state index contributed by atoms with van der Waals surface area (Å²) >= 11 is 6.26. The monoisotopic (exact) mass is 1010 g/mol. The molecule has 0 saturated carbocycles. The van der Waals surface area contributed by atoms with Crippen molar-refractivity contribution in [3.05, 3.63) is 111 Å². The number of piperazine rings is 1. The zero-order chi connectivity index (χ0) is 49.4. The van der Waals surface area contributed by atoms with Crippen molar-refractivity contribution in [3.8, 4) is 17.2 Å². The van der Waals surface area contributed by atoms with Gasteiger partial charge >= 0.3 is 0 Å². The fraction of sp³-hybridized carbons (Fsp3) is 0.440. The fourth-order valence-corrected chi connectivity index (χ4v) is 11.9. The summed E-state index contributed by atoms with van der Waals surface area (Å²) in [4.78, 5) is 39.9. The minimum Gasteiger partial charge on any atom is -0.489 e. The van der Waals surface area contributed by atoms with Crippen molar-refractivity contribution in [1.29, 1.82) is 0 Å². The molecular formula is C50H60ClN9O8S2. The number of nitrogens with one attached hydrogen (secondary N) is 3. The molecule has 1 aliphatic carbocycles. The maximum absolute atomic E-state index is 14.1. The fourth-order valence-electron chi connectivity index (χ4n) is 9.89. The van der Waals surface area contributed by atoms with Gasteiger partial charge in [0.15, 0.2) is 11.4 Å². The number of aromatic nitrogens is 2. The minimum atomic E-state index is -4.68. The summed E-state index contributed by atoms with van der Waals surface area (Å²) in [6, 6.07) is 18.7. The predicted octanol–water partition coefficient (Wildman–Crippen LogP) is 8.58. The lowest BCUT2D eigenvalue weighted by Crippen LogP contribution is -2.47. The van der Waals surface area contributed by atoms with E-state index in [9.17, 15) is 27.5 Å². The zero-order valence-electron chi connectivity index (χ0n) is 39.9. The summed E-state index contributed by atoms with van der Waals surface area (Å²) < 4.78 is 59.1. The Bertz CT molecular complexity index is 3060. The van der Waals surface area contributed by atoms with Crippen LogP contribution in [0.3, 0.4) is 0 Å². The first-order chi connectivity index (χ1) is 33.3. The van der Waals surface area contributed by atoms with Gasteiger partial charge in [0.1, 0.15) is 23.8 Å². The molecule has 0 unspecified atom stereocenters. The van der Waals surface area contributed by atoms with Crippen LogP contribution in [0, 0.1) is 15.5 Å². The van der Waals surface area contributed by atoms with E-state index in [0.717, 1.165) is 87.0 Å². The van der Waals surface area contributed by atoms with Gasteiger partial charge in [-0.05, 0) is 91.5 Å². The van der Waals surface area contributed by atoms with Gasteiger partial charge in [0.05, 0.1) is 33.7 Å². The number of sulfonamides is 1. The standard InChI is InChI=1S/C50H60ClN9O8S2/c1-50(2)16-11-35(43(29-50)33-5-7-36(51)8-6-33)31-58-21-23-59(24-22-58)39-9-10-42(45(26-39)68-40-25-34-12-17-52-48(34)53-30-40)49(61)56-70(65,66)41-27-44(60(62)63)47-46(28-41)67-32-38(54-47)15-20-57-18-13-37(14-19-57)55-69(3,4)64/h5-10,12,17,25-28,30,37-38,54H,11,13-16,18-24,29,31-32H2,1-4H3,(H,52,53)(H,56,61)/t38-/m1/s1. The van der Waals surface area contributed by atoms with E-state index >= 15 is 0 Å². The molecule has 0 bridgehead atoms. The predicted molar refractivity (Wildman–Crippen MR) is 274 cm³/mol. The highest BCUT2D eigenvalue weighted by Gasteiger charge is 2.34. The average Bonchev–Trinajstić information content (AvgIpc) is 3.79. The van der Waals surface area contributed by atoms with E-state index < -0.39 is 41.2 Å². The van der Waals surface area contributed by atoms with Crippen LogP contribution in [0.5, 0.6) is 17.2 Å². The van der Waals surface area contributed by atoms with E-state index in [1.165, 1.54) is 35.0 Å². The number of aromatic amines is 1. The molecule has 2 saturated heterocycles. The van der Waals surface area contributed by atoms with Gasteiger partial charge in [-0.25, -0.2) is 22.5 Å². The Kier molecular flexibility index (Phi) is 14.2. The molecule has 5 aromatic rings. The van der Waals surface area contributed by atoms with E-state index in [1.807, 2.05) is 18.2 Å². The number of nitro benzene ring substituents is 1. The van der Waals surface area contributed by atoms with Crippen molar-refractivity contribution in [2.75, 3.05) is 81.7 Å². The van der Waals surface area contributed by atoms with Gasteiger partial charge in [-0.2, -0.15) is 0 Å². The molecule has 0 spiro atoms. The Hall–Kier alpha value is -5.73. The van der Waals surface area contributed by atoms with Gasteiger partial charge in [-0.15, -0.1) is 0 Å². The average molecular weight is 1010 g/mol. The number of ether oxygens (including phenoxy) is 2. The highest BCUT2D eigenvalue weighted by Crippen LogP contribution is 2.44. The molecule has 3 N–H and O–H groups in total. The van der Waals surface area contributed by atoms with Crippen LogP contribution in [-0.4, -0.2) is 127 Å². The number of H-pyrrole nitrogens is 1. The first-order valence-corrected chi connectivity index (χ1v) is 27.9. The third-order valence-corrected chi connectivity index (χ3v) is 16.0. The number of likely N-dealkylation sites (tertiary alicyclic amines) is 1. The number of halogens is 1. The van der Waals surface area contributed by atoms with Crippen LogP contribution in [0.1, 0.15) is 68.3 Å². The SMILES string of the molecule is CC1(C)CCC(CN2CCN(c3ccc(C(=O)NS(=O)(=O)c4cc5c(c([N+](=O)[O-])c4)N[C@H](CCN4CCC(N=S(C)(C)=O)CC4)CO5)c(Oc4cnc5[nH]ccc5c4)c3)CC2)=C(c2ccc(Cl)cc2)C1. The van der Waals surface area contributed by atoms with Crippen LogP contribution in [0.15, 0.2) is 94.0 Å². The Morgan fingerprint density at radius 3 is 2.49 bits per heavy atom. The van der Waals surface area contributed by atoms with Crippen LogP contribution in [0.2, 0.25) is 5.02 Å². The Labute approximate surface area is 414 Å². The second kappa shape index (κ2) is 20.2. The molecule has 3 aromatic carbocycles. The van der Waals surface area contributed by atoms with E-state index in [2.05, 4.69) is 65.0 Å². The maximum atomic E-state index is 14.1. The van der Waals surface area contributed by atoms with Gasteiger partial charge in [0, 0.05) is 115 Å². The number of pyridine rings is 1. The van der Waals surface area contributed by atoms with Crippen molar-refractivity contribution in [1.82, 2.24) is 24.5 Å². The van der Waals surface area contributed by atoms with Crippen molar-refractivity contribution >= 4 is 70.9 Å². The van der Waals surface area contributed by atoms with E-state index in [4.69, 9.17) is 21.1 Å². The molecule has 20 heteroatoms. The smallest absolute Gasteiger partial charge is 0.297 e. The van der Waals surface area contributed by atoms with Crippen molar-refractivity contribution in [2.45, 2.75) is 69.4 Å². The second-order valence-corrected chi connectivity index (χ2v) is 24.6. The Morgan fingerprint density at radius 2 is 1.76 bits per heavy atom. The lowest BCUT2D eigenvalue weighted by atomic mass is 9.72. The second-order valence-electron chi connectivity index (χ2n) is 19.9. The van der Waals surface area contributed by atoms with Crippen LogP contribution in [0.25, 0.3) is 16.6 Å². The van der Waals surface area contributed by atoms with Gasteiger partial charge in [0.25, 0.3) is 21.6 Å². The number of nitro groups is 1. The van der Waals surface area contributed by atoms with Crippen molar-refractivity contribution < 1.29 is 31.8 Å². The molecule has 5 heterocycles.